The van der Waals surface area contributed by atoms with E-state index in [0.717, 1.165) is 12.8 Å². The number of rotatable bonds is 4. The summed E-state index contributed by atoms with van der Waals surface area (Å²) >= 11 is 0. The van der Waals surface area contributed by atoms with Gasteiger partial charge >= 0.3 is 6.26 Å². The van der Waals surface area contributed by atoms with E-state index in [1.54, 1.807) is 0 Å². The Labute approximate surface area is 90.9 Å². The van der Waals surface area contributed by atoms with Crippen molar-refractivity contribution in [3.63, 3.8) is 0 Å². The van der Waals surface area contributed by atoms with Crippen LogP contribution in [-0.2, 0) is 9.78 Å². The van der Waals surface area contributed by atoms with Crippen LogP contribution in [0.4, 0.5) is 0 Å². The molecule has 0 saturated carbocycles. The van der Waals surface area contributed by atoms with E-state index in [0.29, 0.717) is 5.92 Å². The highest BCUT2D eigenvalue weighted by molar-refractivity contribution is 5.24. The lowest BCUT2D eigenvalue weighted by atomic mass is 9.78. The van der Waals surface area contributed by atoms with Gasteiger partial charge in [0.15, 0.2) is 0 Å². The lowest BCUT2D eigenvalue weighted by Gasteiger charge is -2.32. The summed E-state index contributed by atoms with van der Waals surface area (Å²) in [5.74, 6) is 0.714. The fourth-order valence-electron chi connectivity index (χ4n) is 2.17. The molecule has 1 aliphatic carbocycles. The van der Waals surface area contributed by atoms with Crippen molar-refractivity contribution in [2.45, 2.75) is 32.8 Å². The lowest BCUT2D eigenvalue weighted by molar-refractivity contribution is -0.287. The molecule has 3 nitrogen and oxygen atoms in total. The van der Waals surface area contributed by atoms with Gasteiger partial charge in [0, 0.05) is 5.92 Å². The van der Waals surface area contributed by atoms with E-state index < -0.39 is 0 Å². The molecule has 82 valence electrons. The maximum absolute atomic E-state index is 8.31. The zero-order chi connectivity index (χ0) is 11.3. The van der Waals surface area contributed by atoms with Crippen molar-refractivity contribution >= 4 is 0 Å². The molecule has 1 aliphatic rings. The average Bonchev–Trinajstić information content (AvgIpc) is 2.25. The number of nitriles is 1. The summed E-state index contributed by atoms with van der Waals surface area (Å²) in [5.41, 5.74) is 1.20. The fraction of sp³-hybridized carbons (Fsp3) is 0.583. The molecule has 0 saturated heterocycles. The molecule has 0 N–H and O–H groups in total. The van der Waals surface area contributed by atoms with E-state index in [-0.39, 0.29) is 12.0 Å². The zero-order valence-corrected chi connectivity index (χ0v) is 9.27. The number of hydrogen-bond acceptors (Lipinski definition) is 3. The molecular weight excluding hydrogens is 190 g/mol. The molecule has 0 heterocycles. The van der Waals surface area contributed by atoms with E-state index in [4.69, 9.17) is 10.1 Å². The SMILES string of the molecule is C=CC1=CCCC(OOC#N)C1C(C)C. The zero-order valence-electron chi connectivity index (χ0n) is 9.27. The second-order valence-electron chi connectivity index (χ2n) is 4.06. The van der Waals surface area contributed by atoms with E-state index in [9.17, 15) is 0 Å². The fourth-order valence-corrected chi connectivity index (χ4v) is 2.17. The summed E-state index contributed by atoms with van der Waals surface area (Å²) in [4.78, 5) is 9.48. The summed E-state index contributed by atoms with van der Waals surface area (Å²) < 4.78 is 0. The van der Waals surface area contributed by atoms with Gasteiger partial charge in [-0.1, -0.05) is 32.6 Å². The standard InChI is InChI=1S/C12H17NO2/c1-4-10-6-5-7-11(15-14-8-13)12(10)9(2)3/h4,6,9,11-12H,1,5,7H2,2-3H3. The first-order chi connectivity index (χ1) is 7.20. The average molecular weight is 207 g/mol. The summed E-state index contributed by atoms with van der Waals surface area (Å²) in [6, 6.07) is 0. The second kappa shape index (κ2) is 5.57. The normalized spacial score (nSPS) is 25.6. The van der Waals surface area contributed by atoms with Gasteiger partial charge in [-0.05, 0) is 24.3 Å². The first kappa shape index (κ1) is 11.8. The van der Waals surface area contributed by atoms with Crippen LogP contribution in [0.3, 0.4) is 0 Å². The minimum atomic E-state index is -0.0392. The monoisotopic (exact) mass is 207 g/mol. The maximum atomic E-state index is 8.31. The van der Waals surface area contributed by atoms with Crippen molar-refractivity contribution in [1.29, 1.82) is 5.26 Å². The molecule has 0 radical (unpaired) electrons. The van der Waals surface area contributed by atoms with Crippen molar-refractivity contribution in [3.05, 3.63) is 24.3 Å². The third-order valence-corrected chi connectivity index (χ3v) is 2.78. The van der Waals surface area contributed by atoms with Crippen LogP contribution in [0.25, 0.3) is 0 Å². The van der Waals surface area contributed by atoms with E-state index >= 15 is 0 Å². The summed E-state index contributed by atoms with van der Waals surface area (Å²) in [6.07, 6.45) is 7.39. The van der Waals surface area contributed by atoms with Crippen molar-refractivity contribution < 1.29 is 9.78 Å². The summed E-state index contributed by atoms with van der Waals surface area (Å²) in [7, 11) is 0. The van der Waals surface area contributed by atoms with Crippen LogP contribution in [0, 0.1) is 23.4 Å². The summed E-state index contributed by atoms with van der Waals surface area (Å²) in [5, 5.41) is 8.31. The Morgan fingerprint density at radius 2 is 2.40 bits per heavy atom. The first-order valence-electron chi connectivity index (χ1n) is 5.24. The van der Waals surface area contributed by atoms with Crippen molar-refractivity contribution in [3.8, 4) is 6.26 Å². The molecule has 0 aliphatic heterocycles. The van der Waals surface area contributed by atoms with E-state index in [2.05, 4.69) is 31.4 Å². The van der Waals surface area contributed by atoms with Crippen molar-refractivity contribution in [2.24, 2.45) is 11.8 Å². The van der Waals surface area contributed by atoms with Crippen molar-refractivity contribution in [1.82, 2.24) is 0 Å². The Morgan fingerprint density at radius 3 is 2.93 bits per heavy atom. The van der Waals surface area contributed by atoms with Gasteiger partial charge in [0.1, 0.15) is 6.10 Å². The Balaban J connectivity index is 2.75. The minimum Gasteiger partial charge on any atom is -0.254 e. The molecule has 2 unspecified atom stereocenters. The molecule has 1 rings (SSSR count). The van der Waals surface area contributed by atoms with Gasteiger partial charge in [0.05, 0.1) is 0 Å². The van der Waals surface area contributed by atoms with Gasteiger partial charge < -0.3 is 0 Å². The van der Waals surface area contributed by atoms with E-state index in [1.807, 2.05) is 6.08 Å². The molecule has 3 heteroatoms. The second-order valence-corrected chi connectivity index (χ2v) is 4.06. The van der Waals surface area contributed by atoms with Crippen LogP contribution >= 0.6 is 0 Å². The molecule has 0 bridgehead atoms. The van der Waals surface area contributed by atoms with Crippen LogP contribution in [-0.4, -0.2) is 6.10 Å². The Bertz CT molecular complexity index is 288. The molecule has 0 aromatic carbocycles. The largest absolute Gasteiger partial charge is 0.324 e. The third-order valence-electron chi connectivity index (χ3n) is 2.78. The predicted octanol–water partition coefficient (Wildman–Crippen LogP) is 2.96. The van der Waals surface area contributed by atoms with Crippen LogP contribution in [0.2, 0.25) is 0 Å². The Kier molecular flexibility index (Phi) is 4.38. The van der Waals surface area contributed by atoms with Gasteiger partial charge in [-0.15, -0.1) is 5.26 Å². The lowest BCUT2D eigenvalue weighted by Crippen LogP contribution is -2.31. The van der Waals surface area contributed by atoms with Gasteiger partial charge in [0.2, 0.25) is 0 Å². The molecular formula is C12H17NO2. The molecule has 0 aromatic heterocycles. The Hall–Kier alpha value is -1.27. The first-order valence-corrected chi connectivity index (χ1v) is 5.24. The number of nitrogens with zero attached hydrogens (tertiary/aromatic N) is 1. The molecule has 15 heavy (non-hydrogen) atoms. The Morgan fingerprint density at radius 1 is 1.67 bits per heavy atom. The quantitative estimate of drug-likeness (QED) is 0.404. The smallest absolute Gasteiger partial charge is 0.254 e. The van der Waals surface area contributed by atoms with Crippen molar-refractivity contribution in [2.75, 3.05) is 0 Å². The topological polar surface area (TPSA) is 42.2 Å². The van der Waals surface area contributed by atoms with Crippen LogP contribution in [0.15, 0.2) is 24.3 Å². The molecule has 0 aromatic rings. The molecule has 0 amide bonds. The highest BCUT2D eigenvalue weighted by atomic mass is 17.2. The molecule has 2 atom stereocenters. The predicted molar refractivity (Wildman–Crippen MR) is 57.4 cm³/mol. The number of allylic oxidation sites excluding steroid dienone is 2. The maximum Gasteiger partial charge on any atom is 0.324 e. The minimum absolute atomic E-state index is 0.0392. The van der Waals surface area contributed by atoms with Crippen LogP contribution in [0.5, 0.6) is 0 Å². The third kappa shape index (κ3) is 2.84. The highest BCUT2D eigenvalue weighted by Gasteiger charge is 2.31. The summed E-state index contributed by atoms with van der Waals surface area (Å²) in [6.45, 7) is 8.07. The van der Waals surface area contributed by atoms with Gasteiger partial charge in [0.25, 0.3) is 0 Å². The van der Waals surface area contributed by atoms with Crippen LogP contribution in [0.1, 0.15) is 26.7 Å². The molecule has 0 fully saturated rings. The van der Waals surface area contributed by atoms with Gasteiger partial charge in [-0.25, -0.2) is 0 Å². The van der Waals surface area contributed by atoms with Gasteiger partial charge in [-0.3, -0.25) is 4.89 Å². The molecule has 0 spiro atoms. The van der Waals surface area contributed by atoms with Crippen LogP contribution < -0.4 is 0 Å². The van der Waals surface area contributed by atoms with Gasteiger partial charge in [-0.2, -0.15) is 4.89 Å². The number of hydrogen-bond donors (Lipinski definition) is 0. The van der Waals surface area contributed by atoms with E-state index in [1.165, 1.54) is 11.8 Å². The highest BCUT2D eigenvalue weighted by Crippen LogP contribution is 2.33.